The van der Waals surface area contributed by atoms with Gasteiger partial charge in [0.15, 0.2) is 0 Å². The van der Waals surface area contributed by atoms with Crippen LogP contribution < -0.4 is 5.32 Å². The third kappa shape index (κ3) is 4.19. The summed E-state index contributed by atoms with van der Waals surface area (Å²) in [6.07, 6.45) is 5.78. The maximum Gasteiger partial charge on any atom is 0.272 e. The van der Waals surface area contributed by atoms with Crippen molar-refractivity contribution >= 4 is 29.6 Å². The van der Waals surface area contributed by atoms with E-state index < -0.39 is 18.1 Å². The molecular weight excluding hydrogens is 410 g/mol. The second-order valence-corrected chi connectivity index (χ2v) is 7.90. The molecule has 4 rings (SSSR count). The fourth-order valence-corrected chi connectivity index (χ4v) is 4.14. The molecule has 2 N–H and O–H groups in total. The summed E-state index contributed by atoms with van der Waals surface area (Å²) < 4.78 is 1.48. The second kappa shape index (κ2) is 8.88. The normalized spacial score (nSPS) is 19.9. The third-order valence-corrected chi connectivity index (χ3v) is 5.78. The van der Waals surface area contributed by atoms with Crippen molar-refractivity contribution in [3.63, 3.8) is 0 Å². The number of aliphatic hydroxyl groups is 1. The molecule has 2 aliphatic rings. The van der Waals surface area contributed by atoms with Crippen LogP contribution in [-0.4, -0.2) is 60.5 Å². The van der Waals surface area contributed by atoms with E-state index in [1.54, 1.807) is 18.2 Å². The molecule has 0 saturated heterocycles. The molecule has 1 aromatic heterocycles. The monoisotopic (exact) mass is 431 g/mol. The molecule has 10 nitrogen and oxygen atoms in total. The van der Waals surface area contributed by atoms with Gasteiger partial charge in [-0.05, 0) is 52.9 Å². The van der Waals surface area contributed by atoms with E-state index in [0.717, 1.165) is 30.7 Å². The van der Waals surface area contributed by atoms with Gasteiger partial charge < -0.3 is 10.4 Å². The smallest absolute Gasteiger partial charge is 0.272 e. The van der Waals surface area contributed by atoms with Crippen LogP contribution in [0.3, 0.4) is 0 Å². The Bertz CT molecular complexity index is 944. The molecule has 0 spiro atoms. The molecule has 11 heteroatoms. The topological polar surface area (TPSA) is 126 Å². The van der Waals surface area contributed by atoms with Gasteiger partial charge in [-0.2, -0.15) is 5.10 Å². The average molecular weight is 432 g/mol. The van der Waals surface area contributed by atoms with Crippen LogP contribution in [0.2, 0.25) is 5.02 Å². The van der Waals surface area contributed by atoms with Gasteiger partial charge in [0.2, 0.25) is 5.91 Å². The van der Waals surface area contributed by atoms with Crippen LogP contribution >= 0.6 is 11.6 Å². The highest BCUT2D eigenvalue weighted by atomic mass is 35.5. The summed E-state index contributed by atoms with van der Waals surface area (Å²) in [5.41, 5.74) is 1.39. The molecule has 1 fully saturated rings. The van der Waals surface area contributed by atoms with Gasteiger partial charge in [0.1, 0.15) is 18.5 Å². The van der Waals surface area contributed by atoms with Gasteiger partial charge in [-0.15, -0.1) is 5.10 Å². The average Bonchev–Trinajstić information content (AvgIpc) is 3.52. The van der Waals surface area contributed by atoms with Crippen molar-refractivity contribution in [3.05, 3.63) is 35.1 Å². The summed E-state index contributed by atoms with van der Waals surface area (Å²) >= 11 is 6.11. The Morgan fingerprint density at radius 3 is 2.83 bits per heavy atom. The van der Waals surface area contributed by atoms with Gasteiger partial charge in [-0.25, -0.2) is 9.69 Å². The maximum atomic E-state index is 12.8. The predicted molar refractivity (Wildman–Crippen MR) is 108 cm³/mol. The summed E-state index contributed by atoms with van der Waals surface area (Å²) in [6, 6.07) is 4.40. The summed E-state index contributed by atoms with van der Waals surface area (Å²) in [7, 11) is 0. The van der Waals surface area contributed by atoms with Crippen molar-refractivity contribution in [2.75, 3.05) is 0 Å². The first-order valence-electron chi connectivity index (χ1n) is 9.87. The highest BCUT2D eigenvalue weighted by molar-refractivity contribution is 6.30. The molecule has 30 heavy (non-hydrogen) atoms. The zero-order valence-electron chi connectivity index (χ0n) is 16.2. The SMILES string of the molecule is O=C(NCc1cc(Cl)ccc1-n1cnnn1)C1CC=NN1C(=O)[C@H](O)C1CCCC1. The molecular formula is C19H22ClN7O3. The molecule has 1 aliphatic carbocycles. The van der Waals surface area contributed by atoms with Gasteiger partial charge in [0.25, 0.3) is 5.91 Å². The number of aromatic nitrogens is 4. The molecule has 0 radical (unpaired) electrons. The molecule has 0 bridgehead atoms. The van der Waals surface area contributed by atoms with E-state index >= 15 is 0 Å². The largest absolute Gasteiger partial charge is 0.383 e. The quantitative estimate of drug-likeness (QED) is 0.704. The molecule has 2 heterocycles. The van der Waals surface area contributed by atoms with Crippen LogP contribution in [0, 0.1) is 5.92 Å². The van der Waals surface area contributed by atoms with E-state index in [4.69, 9.17) is 11.6 Å². The van der Waals surface area contributed by atoms with Crippen molar-refractivity contribution in [2.45, 2.75) is 50.8 Å². The highest BCUT2D eigenvalue weighted by Crippen LogP contribution is 2.29. The van der Waals surface area contributed by atoms with E-state index in [0.29, 0.717) is 22.7 Å². The number of halogens is 1. The van der Waals surface area contributed by atoms with Crippen LogP contribution in [0.1, 0.15) is 37.7 Å². The number of rotatable bonds is 6. The maximum absolute atomic E-state index is 12.8. The minimum absolute atomic E-state index is 0.0673. The number of hydrogen-bond acceptors (Lipinski definition) is 7. The van der Waals surface area contributed by atoms with E-state index in [1.807, 2.05) is 0 Å². The second-order valence-electron chi connectivity index (χ2n) is 7.47. The number of nitrogens with zero attached hydrogens (tertiary/aromatic N) is 6. The van der Waals surface area contributed by atoms with Crippen LogP contribution in [0.4, 0.5) is 0 Å². The first kappa shape index (κ1) is 20.4. The number of nitrogens with one attached hydrogen (secondary N) is 1. The van der Waals surface area contributed by atoms with Gasteiger partial charge in [0, 0.05) is 24.2 Å². The first-order valence-corrected chi connectivity index (χ1v) is 10.3. The number of tetrazole rings is 1. The molecule has 2 amide bonds. The zero-order chi connectivity index (χ0) is 21.1. The molecule has 2 aromatic rings. The minimum atomic E-state index is -1.13. The van der Waals surface area contributed by atoms with Gasteiger partial charge in [0.05, 0.1) is 5.69 Å². The third-order valence-electron chi connectivity index (χ3n) is 5.55. The van der Waals surface area contributed by atoms with Gasteiger partial charge >= 0.3 is 0 Å². The van der Waals surface area contributed by atoms with Gasteiger partial charge in [-0.1, -0.05) is 24.4 Å². The summed E-state index contributed by atoms with van der Waals surface area (Å²) in [4.78, 5) is 25.5. The zero-order valence-corrected chi connectivity index (χ0v) is 16.9. The first-order chi connectivity index (χ1) is 14.5. The van der Waals surface area contributed by atoms with Crippen molar-refractivity contribution in [1.82, 2.24) is 30.5 Å². The van der Waals surface area contributed by atoms with Crippen LogP contribution in [0.25, 0.3) is 5.69 Å². The lowest BCUT2D eigenvalue weighted by Gasteiger charge is -2.26. The molecule has 158 valence electrons. The number of hydrogen-bond donors (Lipinski definition) is 2. The number of carbonyl (C=O) groups is 2. The number of amides is 2. The number of carbonyl (C=O) groups excluding carboxylic acids is 2. The fraction of sp³-hybridized carbons (Fsp3) is 0.474. The van der Waals surface area contributed by atoms with E-state index in [-0.39, 0.29) is 18.4 Å². The van der Waals surface area contributed by atoms with Crippen molar-refractivity contribution in [2.24, 2.45) is 11.0 Å². The Kier molecular flexibility index (Phi) is 6.05. The lowest BCUT2D eigenvalue weighted by molar-refractivity contribution is -0.148. The molecule has 1 aliphatic heterocycles. The lowest BCUT2D eigenvalue weighted by Crippen LogP contribution is -2.49. The Labute approximate surface area is 177 Å². The fourth-order valence-electron chi connectivity index (χ4n) is 3.95. The Morgan fingerprint density at radius 1 is 1.30 bits per heavy atom. The lowest BCUT2D eigenvalue weighted by atomic mass is 9.99. The van der Waals surface area contributed by atoms with Crippen molar-refractivity contribution in [3.8, 4) is 5.69 Å². The van der Waals surface area contributed by atoms with Crippen LogP contribution in [0.15, 0.2) is 29.6 Å². The van der Waals surface area contributed by atoms with Crippen molar-refractivity contribution < 1.29 is 14.7 Å². The highest BCUT2D eigenvalue weighted by Gasteiger charge is 2.39. The Balaban J connectivity index is 1.43. The van der Waals surface area contributed by atoms with Crippen molar-refractivity contribution in [1.29, 1.82) is 0 Å². The Hall–Kier alpha value is -2.85. The molecule has 1 unspecified atom stereocenters. The predicted octanol–water partition coefficient (Wildman–Crippen LogP) is 1.07. The standard InChI is InChI=1S/C19H22ClN7O3/c20-14-5-6-15(26-11-22-24-25-26)13(9-14)10-21-18(29)16-7-8-23-27(16)19(30)17(28)12-3-1-2-4-12/h5-6,8-9,11-12,16-17,28H,1-4,7,10H2,(H,21,29)/t16?,17-/m1/s1. The molecule has 2 atom stereocenters. The summed E-state index contributed by atoms with van der Waals surface area (Å²) in [6.45, 7) is 0.165. The number of benzene rings is 1. The summed E-state index contributed by atoms with van der Waals surface area (Å²) in [5, 5.41) is 30.0. The van der Waals surface area contributed by atoms with E-state index in [1.165, 1.54) is 17.2 Å². The van der Waals surface area contributed by atoms with Crippen LogP contribution in [0.5, 0.6) is 0 Å². The van der Waals surface area contributed by atoms with Gasteiger partial charge in [-0.3, -0.25) is 9.59 Å². The van der Waals surface area contributed by atoms with E-state index in [2.05, 4.69) is 25.9 Å². The minimum Gasteiger partial charge on any atom is -0.383 e. The molecule has 1 saturated carbocycles. The molecule has 1 aromatic carbocycles. The van der Waals surface area contributed by atoms with Crippen LogP contribution in [-0.2, 0) is 16.1 Å². The number of aliphatic hydroxyl groups excluding tert-OH is 1. The number of hydrazone groups is 1. The summed E-state index contributed by atoms with van der Waals surface area (Å²) in [5.74, 6) is -0.947. The van der Waals surface area contributed by atoms with E-state index in [9.17, 15) is 14.7 Å². The Morgan fingerprint density at radius 2 is 2.10 bits per heavy atom.